The average molecular weight is 196 g/mol. The number of ether oxygens (including phenoxy) is 1. The Morgan fingerprint density at radius 3 is 2.64 bits per heavy atom. The Kier molecular flexibility index (Phi) is 2.19. The molecule has 0 amide bonds. The van der Waals surface area contributed by atoms with E-state index in [4.69, 9.17) is 4.74 Å². The molecule has 1 aromatic rings. The summed E-state index contributed by atoms with van der Waals surface area (Å²) in [6.45, 7) is 0. The highest BCUT2D eigenvalue weighted by atomic mass is 19.1. The molecule has 0 aliphatic heterocycles. The van der Waals surface area contributed by atoms with Gasteiger partial charge < -0.3 is 9.84 Å². The van der Waals surface area contributed by atoms with Gasteiger partial charge in [-0.1, -0.05) is 0 Å². The maximum absolute atomic E-state index is 13.4. The van der Waals surface area contributed by atoms with Crippen molar-refractivity contribution in [1.29, 1.82) is 0 Å². The Hall–Kier alpha value is -1.09. The molecule has 76 valence electrons. The first-order valence-corrected chi connectivity index (χ1v) is 4.72. The first kappa shape index (κ1) is 9.46. The quantitative estimate of drug-likeness (QED) is 0.785. The van der Waals surface area contributed by atoms with Crippen molar-refractivity contribution in [2.75, 3.05) is 7.11 Å². The molecule has 1 saturated carbocycles. The molecule has 2 rings (SSSR count). The van der Waals surface area contributed by atoms with E-state index in [1.54, 1.807) is 12.1 Å². The molecule has 0 aromatic heterocycles. The zero-order valence-electron chi connectivity index (χ0n) is 8.09. The Labute approximate surface area is 82.3 Å². The predicted molar refractivity (Wildman–Crippen MR) is 50.7 cm³/mol. The van der Waals surface area contributed by atoms with E-state index < -0.39 is 5.60 Å². The second-order valence-electron chi connectivity index (χ2n) is 3.73. The molecule has 0 atom stereocenters. The van der Waals surface area contributed by atoms with Gasteiger partial charge in [-0.3, -0.25) is 0 Å². The van der Waals surface area contributed by atoms with E-state index in [1.807, 2.05) is 0 Å². The van der Waals surface area contributed by atoms with Crippen molar-refractivity contribution in [2.45, 2.75) is 24.9 Å². The summed E-state index contributed by atoms with van der Waals surface area (Å²) < 4.78 is 18.4. The lowest BCUT2D eigenvalue weighted by molar-refractivity contribution is -0.0417. The van der Waals surface area contributed by atoms with Crippen molar-refractivity contribution in [1.82, 2.24) is 0 Å². The molecule has 1 N–H and O–H groups in total. The van der Waals surface area contributed by atoms with Crippen LogP contribution in [0.5, 0.6) is 5.75 Å². The summed E-state index contributed by atoms with van der Waals surface area (Å²) in [6, 6.07) is 4.47. The minimum atomic E-state index is -0.960. The maximum Gasteiger partial charge on any atom is 0.129 e. The van der Waals surface area contributed by atoms with Crippen molar-refractivity contribution in [3.8, 4) is 5.75 Å². The average Bonchev–Trinajstić information content (AvgIpc) is 2.15. The van der Waals surface area contributed by atoms with Crippen LogP contribution in [-0.4, -0.2) is 12.2 Å². The van der Waals surface area contributed by atoms with Crippen LogP contribution in [0.15, 0.2) is 18.2 Å². The fourth-order valence-corrected chi connectivity index (χ4v) is 1.77. The van der Waals surface area contributed by atoms with Gasteiger partial charge in [0, 0.05) is 5.56 Å². The van der Waals surface area contributed by atoms with Gasteiger partial charge in [-0.25, -0.2) is 4.39 Å². The molecular formula is C11H13FO2. The lowest BCUT2D eigenvalue weighted by Crippen LogP contribution is -2.34. The van der Waals surface area contributed by atoms with E-state index in [-0.39, 0.29) is 5.82 Å². The van der Waals surface area contributed by atoms with E-state index >= 15 is 0 Å². The van der Waals surface area contributed by atoms with Crippen LogP contribution in [0.3, 0.4) is 0 Å². The lowest BCUT2D eigenvalue weighted by Gasteiger charge is -2.37. The number of rotatable bonds is 2. The molecule has 0 heterocycles. The van der Waals surface area contributed by atoms with Crippen molar-refractivity contribution >= 4 is 0 Å². The van der Waals surface area contributed by atoms with Crippen molar-refractivity contribution < 1.29 is 14.2 Å². The molecule has 0 radical (unpaired) electrons. The van der Waals surface area contributed by atoms with Gasteiger partial charge in [0.05, 0.1) is 12.7 Å². The lowest BCUT2D eigenvalue weighted by atomic mass is 9.75. The zero-order chi connectivity index (χ0) is 10.2. The van der Waals surface area contributed by atoms with Crippen LogP contribution in [0, 0.1) is 5.82 Å². The van der Waals surface area contributed by atoms with E-state index in [2.05, 4.69) is 0 Å². The van der Waals surface area contributed by atoms with Gasteiger partial charge in [0.2, 0.25) is 0 Å². The van der Waals surface area contributed by atoms with Crippen molar-refractivity contribution in [3.05, 3.63) is 29.6 Å². The summed E-state index contributed by atoms with van der Waals surface area (Å²) in [5, 5.41) is 9.99. The van der Waals surface area contributed by atoms with Gasteiger partial charge in [-0.2, -0.15) is 0 Å². The SMILES string of the molecule is COc1ccc(F)c(C2(O)CCC2)c1. The van der Waals surface area contributed by atoms with Gasteiger partial charge >= 0.3 is 0 Å². The standard InChI is InChI=1S/C11H13FO2/c1-14-8-3-4-10(12)9(7-8)11(13)5-2-6-11/h3-4,7,13H,2,5-6H2,1H3. The molecule has 0 spiro atoms. The van der Waals surface area contributed by atoms with E-state index in [0.29, 0.717) is 24.2 Å². The highest BCUT2D eigenvalue weighted by Crippen LogP contribution is 2.42. The summed E-state index contributed by atoms with van der Waals surface area (Å²) in [5.41, 5.74) is -0.596. The summed E-state index contributed by atoms with van der Waals surface area (Å²) in [4.78, 5) is 0. The fraction of sp³-hybridized carbons (Fsp3) is 0.455. The highest BCUT2D eigenvalue weighted by Gasteiger charge is 2.38. The van der Waals surface area contributed by atoms with Crippen LogP contribution >= 0.6 is 0 Å². The molecular weight excluding hydrogens is 183 g/mol. The number of halogens is 1. The fourth-order valence-electron chi connectivity index (χ4n) is 1.77. The van der Waals surface area contributed by atoms with Crippen LogP contribution in [-0.2, 0) is 5.60 Å². The van der Waals surface area contributed by atoms with E-state index in [0.717, 1.165) is 6.42 Å². The van der Waals surface area contributed by atoms with Crippen LogP contribution in [0.1, 0.15) is 24.8 Å². The van der Waals surface area contributed by atoms with E-state index in [9.17, 15) is 9.50 Å². The minimum Gasteiger partial charge on any atom is -0.497 e. The molecule has 3 heteroatoms. The summed E-state index contributed by atoms with van der Waals surface area (Å²) in [6.07, 6.45) is 2.22. The molecule has 1 aliphatic rings. The highest BCUT2D eigenvalue weighted by molar-refractivity contribution is 5.34. The van der Waals surface area contributed by atoms with Gasteiger partial charge in [0.25, 0.3) is 0 Å². The van der Waals surface area contributed by atoms with Crippen LogP contribution in [0.2, 0.25) is 0 Å². The largest absolute Gasteiger partial charge is 0.497 e. The number of hydrogen-bond acceptors (Lipinski definition) is 2. The molecule has 0 bridgehead atoms. The molecule has 1 aliphatic carbocycles. The summed E-state index contributed by atoms with van der Waals surface area (Å²) in [5.74, 6) is 0.231. The van der Waals surface area contributed by atoms with Gasteiger partial charge in [0.15, 0.2) is 0 Å². The molecule has 0 saturated heterocycles. The minimum absolute atomic E-state index is 0.354. The predicted octanol–water partition coefficient (Wildman–Crippen LogP) is 2.21. The van der Waals surface area contributed by atoms with Crippen LogP contribution < -0.4 is 4.74 Å². The first-order valence-electron chi connectivity index (χ1n) is 4.72. The normalized spacial score (nSPS) is 18.8. The summed E-state index contributed by atoms with van der Waals surface area (Å²) in [7, 11) is 1.53. The smallest absolute Gasteiger partial charge is 0.129 e. The number of hydrogen-bond donors (Lipinski definition) is 1. The van der Waals surface area contributed by atoms with Gasteiger partial charge in [-0.05, 0) is 37.5 Å². The second kappa shape index (κ2) is 3.24. The molecule has 1 aromatic carbocycles. The molecule has 2 nitrogen and oxygen atoms in total. The van der Waals surface area contributed by atoms with E-state index in [1.165, 1.54) is 13.2 Å². The van der Waals surface area contributed by atoms with Crippen LogP contribution in [0.25, 0.3) is 0 Å². The van der Waals surface area contributed by atoms with Crippen LogP contribution in [0.4, 0.5) is 4.39 Å². The zero-order valence-corrected chi connectivity index (χ0v) is 8.09. The molecule has 0 unspecified atom stereocenters. The number of methoxy groups -OCH3 is 1. The van der Waals surface area contributed by atoms with Gasteiger partial charge in [-0.15, -0.1) is 0 Å². The Morgan fingerprint density at radius 2 is 2.14 bits per heavy atom. The molecule has 1 fully saturated rings. The third-order valence-corrected chi connectivity index (χ3v) is 2.86. The Balaban J connectivity index is 2.40. The number of benzene rings is 1. The Morgan fingerprint density at radius 1 is 1.43 bits per heavy atom. The third kappa shape index (κ3) is 1.38. The second-order valence-corrected chi connectivity index (χ2v) is 3.73. The molecule has 14 heavy (non-hydrogen) atoms. The monoisotopic (exact) mass is 196 g/mol. The third-order valence-electron chi connectivity index (χ3n) is 2.86. The van der Waals surface area contributed by atoms with Crippen molar-refractivity contribution in [3.63, 3.8) is 0 Å². The first-order chi connectivity index (χ1) is 6.65. The van der Waals surface area contributed by atoms with Gasteiger partial charge in [0.1, 0.15) is 11.6 Å². The Bertz CT molecular complexity index is 345. The topological polar surface area (TPSA) is 29.5 Å². The van der Waals surface area contributed by atoms with Crippen molar-refractivity contribution in [2.24, 2.45) is 0 Å². The maximum atomic E-state index is 13.4. The number of aliphatic hydroxyl groups is 1. The summed E-state index contributed by atoms with van der Waals surface area (Å²) >= 11 is 0.